The molecule has 172 valence electrons. The molecule has 0 spiro atoms. The predicted molar refractivity (Wildman–Crippen MR) is 109 cm³/mol. The van der Waals surface area contributed by atoms with Crippen LogP contribution in [0.5, 0.6) is 51.7 Å². The maximum absolute atomic E-state index is 10.4. The van der Waals surface area contributed by atoms with Gasteiger partial charge in [-0.05, 0) is 23.8 Å². The monoisotopic (exact) mass is 440 g/mol. The molecule has 0 aliphatic rings. The van der Waals surface area contributed by atoms with Gasteiger partial charge in [-0.2, -0.15) is 0 Å². The molecular formula is C21H28O10. The number of hydrogen-bond acceptors (Lipinski definition) is 10. The molecule has 0 saturated carbocycles. The molecule has 8 N–H and O–H groups in total. The van der Waals surface area contributed by atoms with Crippen molar-refractivity contribution in [3.63, 3.8) is 0 Å². The van der Waals surface area contributed by atoms with E-state index in [1.807, 2.05) is 20.8 Å². The molecule has 1 unspecified atom stereocenters. The fraction of sp³-hybridized carbons (Fsp3) is 0.429. The van der Waals surface area contributed by atoms with Crippen LogP contribution in [0.3, 0.4) is 0 Å². The fourth-order valence-electron chi connectivity index (χ4n) is 2.92. The molecule has 0 fully saturated rings. The first-order valence-corrected chi connectivity index (χ1v) is 9.46. The molecular weight excluding hydrogens is 412 g/mol. The van der Waals surface area contributed by atoms with Gasteiger partial charge < -0.3 is 40.9 Å². The highest BCUT2D eigenvalue weighted by Gasteiger charge is 2.32. The number of aliphatic hydroxyl groups excluding tert-OH is 1. The van der Waals surface area contributed by atoms with Gasteiger partial charge in [-0.1, -0.05) is 34.6 Å². The van der Waals surface area contributed by atoms with Crippen molar-refractivity contribution in [3.8, 4) is 51.7 Å². The quantitative estimate of drug-likeness (QED) is 0.144. The van der Waals surface area contributed by atoms with Gasteiger partial charge in [-0.3, -0.25) is 9.78 Å². The van der Waals surface area contributed by atoms with Crippen LogP contribution in [0.2, 0.25) is 0 Å². The highest BCUT2D eigenvalue weighted by molar-refractivity contribution is 5.68. The summed E-state index contributed by atoms with van der Waals surface area (Å²) in [7, 11) is 0. The van der Waals surface area contributed by atoms with Crippen LogP contribution in [0.25, 0.3) is 0 Å². The Hall–Kier alpha value is -3.40. The molecule has 0 aliphatic heterocycles. The summed E-state index contributed by atoms with van der Waals surface area (Å²) in [4.78, 5) is 10.0. The molecule has 2 aromatic rings. The fourth-order valence-corrected chi connectivity index (χ4v) is 2.92. The SMILES string of the molecule is CC(C)C(O)c1c(O)c(O)c(O)c(O)c1OOc1cc(CC(C)(C)C)c(O)c(O)c1O. The van der Waals surface area contributed by atoms with Crippen molar-refractivity contribution in [1.82, 2.24) is 0 Å². The molecule has 0 aromatic heterocycles. The lowest BCUT2D eigenvalue weighted by Gasteiger charge is -2.22. The molecule has 10 heteroatoms. The Kier molecular flexibility index (Phi) is 6.46. The zero-order valence-corrected chi connectivity index (χ0v) is 17.8. The molecule has 0 aliphatic carbocycles. The van der Waals surface area contributed by atoms with E-state index < -0.39 is 69.3 Å². The van der Waals surface area contributed by atoms with Gasteiger partial charge in [0.05, 0.1) is 11.7 Å². The maximum Gasteiger partial charge on any atom is 0.233 e. The van der Waals surface area contributed by atoms with Crippen LogP contribution >= 0.6 is 0 Å². The van der Waals surface area contributed by atoms with Crippen molar-refractivity contribution in [2.45, 2.75) is 47.1 Å². The molecule has 0 amide bonds. The normalized spacial score (nSPS) is 12.7. The topological polar surface area (TPSA) is 180 Å². The second-order valence-corrected chi connectivity index (χ2v) is 8.81. The van der Waals surface area contributed by atoms with Gasteiger partial charge in [-0.25, -0.2) is 0 Å². The zero-order chi connectivity index (χ0) is 23.8. The minimum absolute atomic E-state index is 0.226. The standard InChI is InChI=1S/C21H28O10/c1-8(2)12(22)11-15(25)17(27)18(28)19(29)20(11)31-30-10-6-9(7-21(3,4)5)13(23)16(26)14(10)24/h6,8,12,22-29H,7H2,1-5H3. The van der Waals surface area contributed by atoms with Gasteiger partial charge >= 0.3 is 0 Å². The second-order valence-electron chi connectivity index (χ2n) is 8.81. The highest BCUT2D eigenvalue weighted by atomic mass is 17.2. The van der Waals surface area contributed by atoms with Crippen LogP contribution in [0.1, 0.15) is 51.8 Å². The highest BCUT2D eigenvalue weighted by Crippen LogP contribution is 2.54. The molecule has 2 rings (SSSR count). The summed E-state index contributed by atoms with van der Waals surface area (Å²) in [5.74, 6) is -8.14. The molecule has 0 saturated heterocycles. The van der Waals surface area contributed by atoms with Crippen LogP contribution in [0, 0.1) is 11.3 Å². The molecule has 0 radical (unpaired) electrons. The third kappa shape index (κ3) is 4.69. The lowest BCUT2D eigenvalue weighted by Crippen LogP contribution is -2.12. The molecule has 2 aromatic carbocycles. The van der Waals surface area contributed by atoms with E-state index in [1.165, 1.54) is 6.07 Å². The summed E-state index contributed by atoms with van der Waals surface area (Å²) < 4.78 is 0. The van der Waals surface area contributed by atoms with E-state index in [0.29, 0.717) is 0 Å². The number of phenolic OH excluding ortho intramolecular Hbond substituents is 7. The number of benzene rings is 2. The lowest BCUT2D eigenvalue weighted by molar-refractivity contribution is -0.106. The molecule has 10 nitrogen and oxygen atoms in total. The van der Waals surface area contributed by atoms with Crippen LogP contribution in [0.15, 0.2) is 6.07 Å². The Balaban J connectivity index is 2.54. The van der Waals surface area contributed by atoms with Crippen molar-refractivity contribution in [2.24, 2.45) is 11.3 Å². The van der Waals surface area contributed by atoms with Crippen LogP contribution in [0.4, 0.5) is 0 Å². The molecule has 0 heterocycles. The predicted octanol–water partition coefficient (Wildman–Crippen LogP) is 3.28. The first-order valence-electron chi connectivity index (χ1n) is 9.46. The van der Waals surface area contributed by atoms with Crippen molar-refractivity contribution < 1.29 is 50.6 Å². The number of aliphatic hydroxyl groups is 1. The summed E-state index contributed by atoms with van der Waals surface area (Å²) in [6, 6.07) is 1.20. The molecule has 31 heavy (non-hydrogen) atoms. The van der Waals surface area contributed by atoms with E-state index in [0.717, 1.165) is 0 Å². The molecule has 1 atom stereocenters. The van der Waals surface area contributed by atoms with Gasteiger partial charge in [0, 0.05) is 5.56 Å². The Morgan fingerprint density at radius 2 is 1.26 bits per heavy atom. The van der Waals surface area contributed by atoms with Gasteiger partial charge in [0.25, 0.3) is 0 Å². The van der Waals surface area contributed by atoms with E-state index in [-0.39, 0.29) is 17.4 Å². The van der Waals surface area contributed by atoms with Crippen molar-refractivity contribution in [2.75, 3.05) is 0 Å². The van der Waals surface area contributed by atoms with Crippen LogP contribution < -0.4 is 9.78 Å². The number of rotatable bonds is 6. The van der Waals surface area contributed by atoms with Gasteiger partial charge in [0.2, 0.25) is 40.2 Å². The van der Waals surface area contributed by atoms with E-state index >= 15 is 0 Å². The Labute approximate surface area is 178 Å². The summed E-state index contributed by atoms with van der Waals surface area (Å²) in [5, 5.41) is 80.6. The Morgan fingerprint density at radius 3 is 1.77 bits per heavy atom. The first-order chi connectivity index (χ1) is 14.2. The van der Waals surface area contributed by atoms with E-state index in [2.05, 4.69) is 0 Å². The largest absolute Gasteiger partial charge is 0.504 e. The van der Waals surface area contributed by atoms with Crippen LogP contribution in [-0.2, 0) is 6.42 Å². The van der Waals surface area contributed by atoms with Gasteiger partial charge in [-0.15, -0.1) is 0 Å². The average Bonchev–Trinajstić information content (AvgIpc) is 2.67. The van der Waals surface area contributed by atoms with Gasteiger partial charge in [0.15, 0.2) is 11.5 Å². The second kappa shape index (κ2) is 8.38. The lowest BCUT2D eigenvalue weighted by atomic mass is 9.87. The summed E-state index contributed by atoms with van der Waals surface area (Å²) >= 11 is 0. The summed E-state index contributed by atoms with van der Waals surface area (Å²) in [6.45, 7) is 8.81. The zero-order valence-electron chi connectivity index (χ0n) is 17.8. The average molecular weight is 440 g/mol. The van der Waals surface area contributed by atoms with Crippen molar-refractivity contribution in [1.29, 1.82) is 0 Å². The number of hydrogen-bond donors (Lipinski definition) is 8. The van der Waals surface area contributed by atoms with E-state index in [9.17, 15) is 40.9 Å². The number of aromatic hydroxyl groups is 7. The smallest absolute Gasteiger partial charge is 0.233 e. The van der Waals surface area contributed by atoms with Crippen molar-refractivity contribution >= 4 is 0 Å². The first kappa shape index (κ1) is 23.9. The van der Waals surface area contributed by atoms with E-state index in [4.69, 9.17) is 9.78 Å². The molecule has 0 bridgehead atoms. The van der Waals surface area contributed by atoms with E-state index in [1.54, 1.807) is 13.8 Å². The third-order valence-electron chi connectivity index (χ3n) is 4.54. The Morgan fingerprint density at radius 1 is 0.742 bits per heavy atom. The summed E-state index contributed by atoms with van der Waals surface area (Å²) in [5.41, 5.74) is -0.551. The van der Waals surface area contributed by atoms with Crippen LogP contribution in [-0.4, -0.2) is 40.9 Å². The Bertz CT molecular complexity index is 976. The minimum Gasteiger partial charge on any atom is -0.504 e. The number of phenols is 7. The minimum atomic E-state index is -1.45. The summed E-state index contributed by atoms with van der Waals surface area (Å²) in [6.07, 6.45) is -1.17. The third-order valence-corrected chi connectivity index (χ3v) is 4.54. The van der Waals surface area contributed by atoms with Gasteiger partial charge in [0.1, 0.15) is 0 Å². The van der Waals surface area contributed by atoms with Crippen molar-refractivity contribution in [3.05, 3.63) is 17.2 Å². The maximum atomic E-state index is 10.4.